The van der Waals surface area contributed by atoms with Crippen LogP contribution in [-0.2, 0) is 0 Å². The molecule has 3 nitrogen and oxygen atoms in total. The number of nitriles is 1. The number of nitrogens with zero attached hydrogens (tertiary/aromatic N) is 2. The smallest absolute Gasteiger partial charge is 0.161 e. The summed E-state index contributed by atoms with van der Waals surface area (Å²) in [6.07, 6.45) is 1.14. The predicted octanol–water partition coefficient (Wildman–Crippen LogP) is 3.63. The molecule has 2 rings (SSSR count). The van der Waals surface area contributed by atoms with Crippen LogP contribution in [0.25, 0.3) is 0 Å². The maximum Gasteiger partial charge on any atom is 0.161 e. The van der Waals surface area contributed by atoms with E-state index in [1.54, 1.807) is 19.1 Å². The van der Waals surface area contributed by atoms with Gasteiger partial charge in [0.15, 0.2) is 5.78 Å². The molecule has 0 spiro atoms. The van der Waals surface area contributed by atoms with Crippen molar-refractivity contribution < 1.29 is 4.79 Å². The van der Waals surface area contributed by atoms with Gasteiger partial charge in [0, 0.05) is 24.3 Å². The zero-order valence-electron chi connectivity index (χ0n) is 12.7. The topological polar surface area (TPSA) is 44.1 Å². The lowest BCUT2D eigenvalue weighted by molar-refractivity contribution is 0.101. The Morgan fingerprint density at radius 1 is 1.40 bits per heavy atom. The molecule has 0 bridgehead atoms. The van der Waals surface area contributed by atoms with E-state index in [1.807, 2.05) is 6.07 Å². The number of carbonyl (C=O) groups is 1. The highest BCUT2D eigenvalue weighted by Gasteiger charge is 2.32. The van der Waals surface area contributed by atoms with E-state index in [0.29, 0.717) is 11.5 Å². The SMILES string of the molecule is CC(=O)c1ccc(C#N)cc1N1CCC(C(C)(C)C)C1. The first-order valence-corrected chi connectivity index (χ1v) is 7.13. The third kappa shape index (κ3) is 2.85. The molecule has 1 aliphatic rings. The summed E-state index contributed by atoms with van der Waals surface area (Å²) < 4.78 is 0. The predicted molar refractivity (Wildman–Crippen MR) is 80.9 cm³/mol. The van der Waals surface area contributed by atoms with E-state index >= 15 is 0 Å². The van der Waals surface area contributed by atoms with Crippen LogP contribution in [0.1, 0.15) is 50.0 Å². The second-order valence-electron chi connectivity index (χ2n) is 6.70. The highest BCUT2D eigenvalue weighted by molar-refractivity contribution is 6.00. The van der Waals surface area contributed by atoms with Crippen LogP contribution >= 0.6 is 0 Å². The molecule has 0 amide bonds. The average Bonchev–Trinajstić information content (AvgIpc) is 2.87. The fraction of sp³-hybridized carbons (Fsp3) is 0.529. The molecule has 1 aromatic carbocycles. The molecule has 1 fully saturated rings. The van der Waals surface area contributed by atoms with Crippen molar-refractivity contribution in [2.45, 2.75) is 34.1 Å². The molecule has 1 unspecified atom stereocenters. The van der Waals surface area contributed by atoms with Gasteiger partial charge in [-0.1, -0.05) is 20.8 Å². The normalized spacial score (nSPS) is 18.9. The van der Waals surface area contributed by atoms with E-state index in [-0.39, 0.29) is 11.2 Å². The van der Waals surface area contributed by atoms with Gasteiger partial charge in [0.1, 0.15) is 0 Å². The Balaban J connectivity index is 2.33. The Morgan fingerprint density at radius 3 is 2.60 bits per heavy atom. The second-order valence-corrected chi connectivity index (χ2v) is 6.70. The Bertz CT molecular complexity index is 563. The van der Waals surface area contributed by atoms with Crippen molar-refractivity contribution in [1.82, 2.24) is 0 Å². The zero-order valence-corrected chi connectivity index (χ0v) is 12.7. The fourth-order valence-electron chi connectivity index (χ4n) is 2.85. The number of benzene rings is 1. The molecule has 20 heavy (non-hydrogen) atoms. The number of carbonyl (C=O) groups excluding carboxylic acids is 1. The molecular formula is C17H22N2O. The summed E-state index contributed by atoms with van der Waals surface area (Å²) in [6, 6.07) is 7.51. The minimum absolute atomic E-state index is 0.0590. The molecule has 3 heteroatoms. The van der Waals surface area contributed by atoms with E-state index in [4.69, 9.17) is 5.26 Å². The Hall–Kier alpha value is -1.82. The third-order valence-corrected chi connectivity index (χ3v) is 4.26. The monoisotopic (exact) mass is 270 g/mol. The molecule has 0 aliphatic carbocycles. The first kappa shape index (κ1) is 14.6. The Morgan fingerprint density at radius 2 is 2.10 bits per heavy atom. The van der Waals surface area contributed by atoms with Gasteiger partial charge in [-0.25, -0.2) is 0 Å². The average molecular weight is 270 g/mol. The lowest BCUT2D eigenvalue weighted by Gasteiger charge is -2.28. The first-order chi connectivity index (χ1) is 9.32. The Kier molecular flexibility index (Phi) is 3.85. The summed E-state index contributed by atoms with van der Waals surface area (Å²) in [5.74, 6) is 0.678. The van der Waals surface area contributed by atoms with Crippen molar-refractivity contribution in [2.75, 3.05) is 18.0 Å². The minimum atomic E-state index is 0.0590. The van der Waals surface area contributed by atoms with Gasteiger partial charge >= 0.3 is 0 Å². The van der Waals surface area contributed by atoms with Crippen LogP contribution in [0.3, 0.4) is 0 Å². The molecule has 0 aromatic heterocycles. The highest BCUT2D eigenvalue weighted by atomic mass is 16.1. The van der Waals surface area contributed by atoms with Crippen molar-refractivity contribution in [3.8, 4) is 6.07 Å². The number of anilines is 1. The van der Waals surface area contributed by atoms with Gasteiger partial charge in [-0.05, 0) is 42.9 Å². The molecule has 0 N–H and O–H groups in total. The molecule has 1 aromatic rings. The lowest BCUT2D eigenvalue weighted by Crippen LogP contribution is -2.26. The maximum absolute atomic E-state index is 11.8. The minimum Gasteiger partial charge on any atom is -0.371 e. The number of hydrogen-bond donors (Lipinski definition) is 0. The Labute approximate surface area is 121 Å². The van der Waals surface area contributed by atoms with Gasteiger partial charge in [0.2, 0.25) is 0 Å². The van der Waals surface area contributed by atoms with Gasteiger partial charge in [-0.2, -0.15) is 5.26 Å². The van der Waals surface area contributed by atoms with E-state index in [1.165, 1.54) is 0 Å². The van der Waals surface area contributed by atoms with Crippen LogP contribution in [-0.4, -0.2) is 18.9 Å². The van der Waals surface area contributed by atoms with Crippen LogP contribution in [0.2, 0.25) is 0 Å². The number of Topliss-reactive ketones (excluding diaryl/α,β-unsaturated/α-hetero) is 1. The first-order valence-electron chi connectivity index (χ1n) is 7.13. The van der Waals surface area contributed by atoms with E-state index in [9.17, 15) is 4.79 Å². The van der Waals surface area contributed by atoms with Crippen LogP contribution in [0, 0.1) is 22.7 Å². The summed E-state index contributed by atoms with van der Waals surface area (Å²) in [5.41, 5.74) is 2.53. The molecule has 1 atom stereocenters. The molecular weight excluding hydrogens is 248 g/mol. The fourth-order valence-corrected chi connectivity index (χ4v) is 2.85. The molecule has 1 saturated heterocycles. The van der Waals surface area contributed by atoms with Gasteiger partial charge in [0.25, 0.3) is 0 Å². The van der Waals surface area contributed by atoms with Crippen molar-refractivity contribution in [3.05, 3.63) is 29.3 Å². The van der Waals surface area contributed by atoms with Crippen molar-refractivity contribution >= 4 is 11.5 Å². The molecule has 1 aliphatic heterocycles. The molecule has 0 saturated carbocycles. The lowest BCUT2D eigenvalue weighted by atomic mass is 9.80. The van der Waals surface area contributed by atoms with Crippen molar-refractivity contribution in [3.63, 3.8) is 0 Å². The molecule has 106 valence electrons. The zero-order chi connectivity index (χ0) is 14.9. The third-order valence-electron chi connectivity index (χ3n) is 4.26. The quantitative estimate of drug-likeness (QED) is 0.771. The van der Waals surface area contributed by atoms with E-state index < -0.39 is 0 Å². The molecule has 0 radical (unpaired) electrons. The van der Waals surface area contributed by atoms with E-state index in [0.717, 1.165) is 30.8 Å². The van der Waals surface area contributed by atoms with Crippen LogP contribution < -0.4 is 4.90 Å². The largest absolute Gasteiger partial charge is 0.371 e. The second kappa shape index (κ2) is 5.28. The van der Waals surface area contributed by atoms with E-state index in [2.05, 4.69) is 31.7 Å². The summed E-state index contributed by atoms with van der Waals surface area (Å²) in [5, 5.41) is 9.06. The van der Waals surface area contributed by atoms with Gasteiger partial charge in [-0.15, -0.1) is 0 Å². The van der Waals surface area contributed by atoms with Gasteiger partial charge in [-0.3, -0.25) is 4.79 Å². The highest BCUT2D eigenvalue weighted by Crippen LogP contribution is 2.36. The molecule has 1 heterocycles. The van der Waals surface area contributed by atoms with Crippen LogP contribution in [0.5, 0.6) is 0 Å². The standard InChI is InChI=1S/C17H22N2O/c1-12(20)15-6-5-13(10-18)9-16(15)19-8-7-14(11-19)17(2,3)4/h5-6,9,14H,7-8,11H2,1-4H3. The number of ketones is 1. The van der Waals surface area contributed by atoms with Crippen LogP contribution in [0.4, 0.5) is 5.69 Å². The van der Waals surface area contributed by atoms with Crippen molar-refractivity contribution in [2.24, 2.45) is 11.3 Å². The maximum atomic E-state index is 11.8. The van der Waals surface area contributed by atoms with Crippen LogP contribution in [0.15, 0.2) is 18.2 Å². The van der Waals surface area contributed by atoms with Gasteiger partial charge in [0.05, 0.1) is 11.6 Å². The number of hydrogen-bond acceptors (Lipinski definition) is 3. The van der Waals surface area contributed by atoms with Gasteiger partial charge < -0.3 is 4.90 Å². The van der Waals surface area contributed by atoms with Crippen molar-refractivity contribution in [1.29, 1.82) is 5.26 Å². The summed E-state index contributed by atoms with van der Waals surface area (Å²) >= 11 is 0. The number of rotatable bonds is 2. The summed E-state index contributed by atoms with van der Waals surface area (Å²) in [7, 11) is 0. The summed E-state index contributed by atoms with van der Waals surface area (Å²) in [6.45, 7) is 10.3. The summed E-state index contributed by atoms with van der Waals surface area (Å²) in [4.78, 5) is 14.0.